The van der Waals surface area contributed by atoms with Crippen LogP contribution in [0.1, 0.15) is 25.6 Å². The highest BCUT2D eigenvalue weighted by Gasteiger charge is 2.00. The Kier molecular flexibility index (Phi) is 4.10. The average Bonchev–Trinajstić information content (AvgIpc) is 2.17. The molecule has 1 aromatic rings. The van der Waals surface area contributed by atoms with E-state index in [1.165, 1.54) is 0 Å². The third-order valence-electron chi connectivity index (χ3n) is 1.78. The maximum absolute atomic E-state index is 4.18. The van der Waals surface area contributed by atoms with Gasteiger partial charge in [0.25, 0.3) is 0 Å². The monoisotopic (exact) mass is 195 g/mol. The number of hydrogen-bond donors (Lipinski definition) is 2. The molecule has 5 heteroatoms. The Morgan fingerprint density at radius 3 is 2.50 bits per heavy atom. The molecule has 2 N–H and O–H groups in total. The van der Waals surface area contributed by atoms with Crippen LogP contribution < -0.4 is 10.6 Å². The van der Waals surface area contributed by atoms with E-state index in [0.717, 1.165) is 25.2 Å². The summed E-state index contributed by atoms with van der Waals surface area (Å²) in [6.07, 6.45) is 2.29. The van der Waals surface area contributed by atoms with E-state index in [1.807, 2.05) is 6.92 Å². The van der Waals surface area contributed by atoms with Crippen molar-refractivity contribution in [3.8, 4) is 0 Å². The second-order valence-electron chi connectivity index (χ2n) is 3.06. The number of nitrogens with zero attached hydrogens (tertiary/aromatic N) is 3. The molecule has 0 saturated carbocycles. The number of rotatable bonds is 5. The fourth-order valence-corrected chi connectivity index (χ4v) is 1.05. The van der Waals surface area contributed by atoms with Gasteiger partial charge in [-0.05, 0) is 13.3 Å². The van der Waals surface area contributed by atoms with Crippen molar-refractivity contribution in [3.05, 3.63) is 5.82 Å². The predicted molar refractivity (Wildman–Crippen MR) is 57.5 cm³/mol. The Morgan fingerprint density at radius 1 is 1.14 bits per heavy atom. The van der Waals surface area contributed by atoms with Crippen LogP contribution in [0, 0.1) is 6.92 Å². The lowest BCUT2D eigenvalue weighted by atomic mass is 10.3. The largest absolute Gasteiger partial charge is 0.357 e. The highest BCUT2D eigenvalue weighted by molar-refractivity contribution is 5.33. The first-order chi connectivity index (χ1) is 6.76. The van der Waals surface area contributed by atoms with Crippen molar-refractivity contribution in [1.82, 2.24) is 15.0 Å². The fourth-order valence-electron chi connectivity index (χ4n) is 1.05. The molecule has 0 amide bonds. The zero-order chi connectivity index (χ0) is 10.4. The Labute approximate surface area is 84.4 Å². The van der Waals surface area contributed by atoms with Crippen LogP contribution in [0.4, 0.5) is 11.9 Å². The number of anilines is 2. The zero-order valence-corrected chi connectivity index (χ0v) is 8.96. The number of nitrogens with one attached hydrogen (secondary N) is 2. The molecule has 1 aromatic heterocycles. The molecular formula is C9H17N5. The summed E-state index contributed by atoms with van der Waals surface area (Å²) < 4.78 is 0. The molecule has 14 heavy (non-hydrogen) atoms. The normalized spacial score (nSPS) is 9.93. The predicted octanol–water partition coefficient (Wildman–Crippen LogP) is 1.43. The number of hydrogen-bond acceptors (Lipinski definition) is 5. The van der Waals surface area contributed by atoms with Crippen molar-refractivity contribution in [3.63, 3.8) is 0 Å². The zero-order valence-electron chi connectivity index (χ0n) is 8.96. The van der Waals surface area contributed by atoms with Crippen LogP contribution in [0.25, 0.3) is 0 Å². The van der Waals surface area contributed by atoms with Gasteiger partial charge in [-0.3, -0.25) is 0 Å². The first-order valence-electron chi connectivity index (χ1n) is 4.90. The maximum atomic E-state index is 4.18. The lowest BCUT2D eigenvalue weighted by molar-refractivity contribution is 0.822. The van der Waals surface area contributed by atoms with Crippen molar-refractivity contribution in [2.75, 3.05) is 24.2 Å². The Balaban J connectivity index is 2.62. The molecule has 0 bridgehead atoms. The van der Waals surface area contributed by atoms with Crippen molar-refractivity contribution in [1.29, 1.82) is 0 Å². The topological polar surface area (TPSA) is 62.7 Å². The number of aromatic nitrogens is 3. The summed E-state index contributed by atoms with van der Waals surface area (Å²) >= 11 is 0. The smallest absolute Gasteiger partial charge is 0.227 e. The van der Waals surface area contributed by atoms with Gasteiger partial charge in [-0.15, -0.1) is 0 Å². The summed E-state index contributed by atoms with van der Waals surface area (Å²) in [7, 11) is 1.80. The van der Waals surface area contributed by atoms with Crippen molar-refractivity contribution >= 4 is 11.9 Å². The van der Waals surface area contributed by atoms with Crippen molar-refractivity contribution in [2.24, 2.45) is 0 Å². The lowest BCUT2D eigenvalue weighted by Crippen LogP contribution is -2.09. The molecule has 0 radical (unpaired) electrons. The summed E-state index contributed by atoms with van der Waals surface area (Å²) in [4.78, 5) is 12.5. The summed E-state index contributed by atoms with van der Waals surface area (Å²) in [5, 5.41) is 6.06. The molecule has 0 aliphatic heterocycles. The van der Waals surface area contributed by atoms with E-state index in [1.54, 1.807) is 7.05 Å². The van der Waals surface area contributed by atoms with Crippen LogP contribution in [-0.2, 0) is 0 Å². The molecule has 0 aliphatic rings. The third-order valence-corrected chi connectivity index (χ3v) is 1.78. The van der Waals surface area contributed by atoms with Crippen molar-refractivity contribution < 1.29 is 0 Å². The minimum Gasteiger partial charge on any atom is -0.357 e. The molecule has 5 nitrogen and oxygen atoms in total. The van der Waals surface area contributed by atoms with Crippen LogP contribution in [0.2, 0.25) is 0 Å². The minimum atomic E-state index is 0.608. The van der Waals surface area contributed by atoms with Gasteiger partial charge >= 0.3 is 0 Å². The van der Waals surface area contributed by atoms with E-state index in [2.05, 4.69) is 32.5 Å². The van der Waals surface area contributed by atoms with E-state index in [9.17, 15) is 0 Å². The van der Waals surface area contributed by atoms with E-state index >= 15 is 0 Å². The summed E-state index contributed by atoms with van der Waals surface area (Å²) in [6, 6.07) is 0. The van der Waals surface area contributed by atoms with Crippen LogP contribution in [0.5, 0.6) is 0 Å². The molecule has 1 rings (SSSR count). The lowest BCUT2D eigenvalue weighted by Gasteiger charge is -2.05. The Hall–Kier alpha value is -1.39. The molecule has 0 saturated heterocycles. The van der Waals surface area contributed by atoms with Crippen LogP contribution >= 0.6 is 0 Å². The van der Waals surface area contributed by atoms with Gasteiger partial charge in [-0.2, -0.15) is 15.0 Å². The van der Waals surface area contributed by atoms with Gasteiger partial charge in [0, 0.05) is 13.6 Å². The molecule has 78 valence electrons. The third kappa shape index (κ3) is 3.16. The second kappa shape index (κ2) is 5.36. The molecule has 0 atom stereocenters. The quantitative estimate of drug-likeness (QED) is 0.696. The first-order valence-corrected chi connectivity index (χ1v) is 4.90. The van der Waals surface area contributed by atoms with Gasteiger partial charge in [-0.25, -0.2) is 0 Å². The van der Waals surface area contributed by atoms with Gasteiger partial charge < -0.3 is 10.6 Å². The van der Waals surface area contributed by atoms with E-state index < -0.39 is 0 Å². The maximum Gasteiger partial charge on any atom is 0.227 e. The molecule has 0 unspecified atom stereocenters. The molecule has 1 heterocycles. The van der Waals surface area contributed by atoms with Crippen LogP contribution in [-0.4, -0.2) is 28.5 Å². The number of aryl methyl sites for hydroxylation is 1. The second-order valence-corrected chi connectivity index (χ2v) is 3.06. The summed E-state index contributed by atoms with van der Waals surface area (Å²) in [6.45, 7) is 4.91. The van der Waals surface area contributed by atoms with Gasteiger partial charge in [0.15, 0.2) is 0 Å². The van der Waals surface area contributed by atoms with E-state index in [0.29, 0.717) is 11.9 Å². The summed E-state index contributed by atoms with van der Waals surface area (Å²) in [5.74, 6) is 1.98. The fraction of sp³-hybridized carbons (Fsp3) is 0.667. The first kappa shape index (κ1) is 10.7. The summed E-state index contributed by atoms with van der Waals surface area (Å²) in [5.41, 5.74) is 0. The van der Waals surface area contributed by atoms with Gasteiger partial charge in [-0.1, -0.05) is 13.3 Å². The van der Waals surface area contributed by atoms with Crippen molar-refractivity contribution in [2.45, 2.75) is 26.7 Å². The average molecular weight is 195 g/mol. The highest BCUT2D eigenvalue weighted by Crippen LogP contribution is 2.04. The SMILES string of the molecule is CCCCNc1nc(C)nc(NC)n1. The highest BCUT2D eigenvalue weighted by atomic mass is 15.2. The van der Waals surface area contributed by atoms with E-state index in [-0.39, 0.29) is 0 Å². The standard InChI is InChI=1S/C9H17N5/c1-4-5-6-11-9-13-7(2)12-8(10-3)14-9/h4-6H2,1-3H3,(H2,10,11,12,13,14). The minimum absolute atomic E-state index is 0.608. The van der Waals surface area contributed by atoms with E-state index in [4.69, 9.17) is 0 Å². The van der Waals surface area contributed by atoms with Crippen LogP contribution in [0.3, 0.4) is 0 Å². The van der Waals surface area contributed by atoms with Gasteiger partial charge in [0.05, 0.1) is 0 Å². The molecule has 0 aliphatic carbocycles. The Bertz CT molecular complexity index is 287. The molecular weight excluding hydrogens is 178 g/mol. The Morgan fingerprint density at radius 2 is 1.86 bits per heavy atom. The van der Waals surface area contributed by atoms with Gasteiger partial charge in [0.2, 0.25) is 11.9 Å². The molecule has 0 aromatic carbocycles. The molecule has 0 spiro atoms. The number of unbranched alkanes of at least 4 members (excludes halogenated alkanes) is 1. The van der Waals surface area contributed by atoms with Gasteiger partial charge in [0.1, 0.15) is 5.82 Å². The molecule has 0 fully saturated rings. The van der Waals surface area contributed by atoms with Crippen LogP contribution in [0.15, 0.2) is 0 Å².